The molecule has 1 unspecified atom stereocenters. The maximum atomic E-state index is 12.9. The Balaban J connectivity index is 1.38. The number of piperazine rings is 1. The van der Waals surface area contributed by atoms with Crippen LogP contribution in [0.4, 0.5) is 19.0 Å². The van der Waals surface area contributed by atoms with Gasteiger partial charge in [-0.15, -0.1) is 11.3 Å². The normalized spacial score (nSPS) is 15.8. The third-order valence-electron chi connectivity index (χ3n) is 6.32. The molecule has 13 heteroatoms. The molecule has 8 nitrogen and oxygen atoms in total. The molecule has 1 atom stereocenters. The molecule has 4 rings (SSSR count). The molecule has 1 aliphatic rings. The molecular formula is C24H28F3N5O3S2. The van der Waals surface area contributed by atoms with Crippen LogP contribution in [-0.2, 0) is 27.7 Å². The predicted molar refractivity (Wildman–Crippen MR) is 137 cm³/mol. The zero-order chi connectivity index (χ0) is 26.8. The van der Waals surface area contributed by atoms with Crippen molar-refractivity contribution < 1.29 is 26.4 Å². The van der Waals surface area contributed by atoms with Gasteiger partial charge in [0.1, 0.15) is 22.2 Å². The Hall–Kier alpha value is -2.77. The number of fused-ring (bicyclic) bond motifs is 1. The highest BCUT2D eigenvalue weighted by Crippen LogP contribution is 2.34. The molecule has 2 N–H and O–H groups in total. The van der Waals surface area contributed by atoms with Crippen molar-refractivity contribution in [2.24, 2.45) is 5.14 Å². The van der Waals surface area contributed by atoms with Crippen LogP contribution in [0.3, 0.4) is 0 Å². The van der Waals surface area contributed by atoms with Crippen LogP contribution >= 0.6 is 11.3 Å². The van der Waals surface area contributed by atoms with Gasteiger partial charge in [0.2, 0.25) is 15.9 Å². The lowest BCUT2D eigenvalue weighted by molar-refractivity contribution is -0.130. The molecule has 1 aromatic carbocycles. The molecular weight excluding hydrogens is 527 g/mol. The summed E-state index contributed by atoms with van der Waals surface area (Å²) < 4.78 is 62.3. The number of anilines is 1. The Morgan fingerprint density at radius 1 is 1.14 bits per heavy atom. The molecule has 200 valence electrons. The van der Waals surface area contributed by atoms with Crippen LogP contribution in [-0.4, -0.2) is 61.5 Å². The summed E-state index contributed by atoms with van der Waals surface area (Å²) in [6.45, 7) is 3.78. The number of alkyl halides is 3. The lowest BCUT2D eigenvalue weighted by Crippen LogP contribution is -2.49. The van der Waals surface area contributed by atoms with Crippen LogP contribution in [0.25, 0.3) is 10.2 Å². The number of sulfonamides is 1. The van der Waals surface area contributed by atoms with Gasteiger partial charge in [-0.3, -0.25) is 4.79 Å². The van der Waals surface area contributed by atoms with Crippen LogP contribution in [0.5, 0.6) is 0 Å². The minimum Gasteiger partial charge on any atom is -0.352 e. The monoisotopic (exact) mass is 555 g/mol. The first-order chi connectivity index (χ1) is 17.4. The number of hydrogen-bond acceptors (Lipinski definition) is 7. The third-order valence-corrected chi connectivity index (χ3v) is 8.66. The number of halogens is 3. The van der Waals surface area contributed by atoms with Crippen molar-refractivity contribution in [3.8, 4) is 0 Å². The van der Waals surface area contributed by atoms with Crippen molar-refractivity contribution in [1.29, 1.82) is 0 Å². The van der Waals surface area contributed by atoms with E-state index in [0.717, 1.165) is 16.9 Å². The lowest BCUT2D eigenvalue weighted by atomic mass is 10.0. The topological polar surface area (TPSA) is 109 Å². The molecule has 37 heavy (non-hydrogen) atoms. The molecule has 3 heterocycles. The maximum absolute atomic E-state index is 12.9. The molecule has 2 aromatic heterocycles. The number of nitrogens with zero attached hydrogens (tertiary/aromatic N) is 4. The summed E-state index contributed by atoms with van der Waals surface area (Å²) in [5, 5.41) is 5.20. The van der Waals surface area contributed by atoms with E-state index < -0.39 is 27.9 Å². The summed E-state index contributed by atoms with van der Waals surface area (Å²) in [6, 6.07) is 8.43. The summed E-state index contributed by atoms with van der Waals surface area (Å²) in [5.41, 5.74) is 1.38. The van der Waals surface area contributed by atoms with E-state index in [1.807, 2.05) is 11.8 Å². The van der Waals surface area contributed by atoms with E-state index in [2.05, 4.69) is 9.97 Å². The van der Waals surface area contributed by atoms with Crippen LogP contribution in [0.2, 0.25) is 0 Å². The van der Waals surface area contributed by atoms with Gasteiger partial charge in [0, 0.05) is 31.1 Å². The van der Waals surface area contributed by atoms with E-state index in [4.69, 9.17) is 5.14 Å². The highest BCUT2D eigenvalue weighted by Gasteiger charge is 2.30. The first kappa shape index (κ1) is 27.3. The molecule has 0 radical (unpaired) electrons. The first-order valence-corrected chi connectivity index (χ1v) is 14.3. The highest BCUT2D eigenvalue weighted by atomic mass is 32.2. The summed E-state index contributed by atoms with van der Waals surface area (Å²) in [4.78, 5) is 25.8. The molecule has 0 aliphatic carbocycles. The fourth-order valence-electron chi connectivity index (χ4n) is 4.52. The molecule has 1 fully saturated rings. The van der Waals surface area contributed by atoms with E-state index in [0.29, 0.717) is 60.6 Å². The molecule has 1 aliphatic heterocycles. The summed E-state index contributed by atoms with van der Waals surface area (Å²) in [5.74, 6) is 0.522. The smallest absolute Gasteiger partial charge is 0.352 e. The predicted octanol–water partition coefficient (Wildman–Crippen LogP) is 3.82. The number of thiophene rings is 1. The zero-order valence-corrected chi connectivity index (χ0v) is 21.9. The van der Waals surface area contributed by atoms with Crippen LogP contribution < -0.4 is 10.0 Å². The number of primary sulfonamides is 1. The van der Waals surface area contributed by atoms with Crippen LogP contribution in [0.1, 0.15) is 41.0 Å². The number of carbonyl (C=O) groups is 1. The molecule has 1 amide bonds. The summed E-state index contributed by atoms with van der Waals surface area (Å²) in [7, 11) is -3.72. The second-order valence-corrected chi connectivity index (χ2v) is 11.9. The lowest BCUT2D eigenvalue weighted by Gasteiger charge is -2.35. The number of rotatable bonds is 8. The van der Waals surface area contributed by atoms with E-state index >= 15 is 0 Å². The Kier molecular flexibility index (Phi) is 8.05. The van der Waals surface area contributed by atoms with Gasteiger partial charge in [-0.25, -0.2) is 23.5 Å². The number of nitrogens with two attached hydrogens (primary N) is 1. The number of benzene rings is 1. The molecule has 0 spiro atoms. The van der Waals surface area contributed by atoms with Gasteiger partial charge in [-0.05, 0) is 23.6 Å². The van der Waals surface area contributed by atoms with Crippen molar-refractivity contribution in [2.45, 2.75) is 44.0 Å². The molecule has 3 aromatic rings. The number of amides is 1. The Labute approximate surface area is 217 Å². The largest absolute Gasteiger partial charge is 0.393 e. The highest BCUT2D eigenvalue weighted by molar-refractivity contribution is 7.89. The van der Waals surface area contributed by atoms with Gasteiger partial charge in [0.05, 0.1) is 18.2 Å². The second kappa shape index (κ2) is 10.9. The van der Waals surface area contributed by atoms with Crippen molar-refractivity contribution >= 4 is 43.3 Å². The van der Waals surface area contributed by atoms with Gasteiger partial charge in [0.25, 0.3) is 0 Å². The number of aromatic nitrogens is 2. The van der Waals surface area contributed by atoms with Crippen molar-refractivity contribution in [3.63, 3.8) is 0 Å². The fourth-order valence-corrected chi connectivity index (χ4v) is 6.64. The van der Waals surface area contributed by atoms with Gasteiger partial charge >= 0.3 is 6.18 Å². The molecule has 0 saturated carbocycles. The third kappa shape index (κ3) is 6.76. The average Bonchev–Trinajstić information content (AvgIpc) is 3.23. The minimum absolute atomic E-state index is 0.0558. The average molecular weight is 556 g/mol. The van der Waals surface area contributed by atoms with Gasteiger partial charge in [-0.1, -0.05) is 37.6 Å². The van der Waals surface area contributed by atoms with Gasteiger partial charge in [0.15, 0.2) is 0 Å². The van der Waals surface area contributed by atoms with E-state index in [-0.39, 0.29) is 17.2 Å². The Morgan fingerprint density at radius 2 is 1.81 bits per heavy atom. The van der Waals surface area contributed by atoms with Crippen molar-refractivity contribution in [2.75, 3.05) is 31.1 Å². The summed E-state index contributed by atoms with van der Waals surface area (Å²) >= 11 is 1.01. The van der Waals surface area contributed by atoms with E-state index in [1.165, 1.54) is 12.4 Å². The van der Waals surface area contributed by atoms with E-state index in [9.17, 15) is 26.4 Å². The first-order valence-electron chi connectivity index (χ1n) is 11.9. The van der Waals surface area contributed by atoms with E-state index in [1.54, 1.807) is 29.2 Å². The minimum atomic E-state index is -4.29. The van der Waals surface area contributed by atoms with Crippen molar-refractivity contribution in [3.05, 3.63) is 52.7 Å². The molecule has 1 saturated heterocycles. The number of hydrogen-bond donors (Lipinski definition) is 1. The quantitative estimate of drug-likeness (QED) is 0.453. The SMILES string of the molecule is CCCC(c1ccc(CC(=O)N2CCN(c3ncnc4sc(CC(F)(F)F)cc34)CC2)cc1)S(N)(=O)=O. The molecule has 0 bridgehead atoms. The summed E-state index contributed by atoms with van der Waals surface area (Å²) in [6.07, 6.45) is -2.66. The zero-order valence-electron chi connectivity index (χ0n) is 20.2. The Bertz CT molecular complexity index is 1350. The van der Waals surface area contributed by atoms with Crippen LogP contribution in [0.15, 0.2) is 36.7 Å². The standard InChI is InChI=1S/C24H28F3N5O3S2/c1-2-3-20(37(28,34)35)17-6-4-16(5-7-17)12-21(33)31-8-10-32(11-9-31)22-19-13-18(14-24(25,26)27)36-23(19)30-15-29-22/h4-7,13,15,20H,2-3,8-12,14H2,1H3,(H2,28,34,35). The van der Waals surface area contributed by atoms with Crippen LogP contribution in [0, 0.1) is 0 Å². The number of carbonyl (C=O) groups excluding carboxylic acids is 1. The maximum Gasteiger partial charge on any atom is 0.393 e. The van der Waals surface area contributed by atoms with Gasteiger partial charge in [-0.2, -0.15) is 13.2 Å². The Morgan fingerprint density at radius 3 is 2.41 bits per heavy atom. The second-order valence-electron chi connectivity index (χ2n) is 9.07. The fraction of sp³-hybridized carbons (Fsp3) is 0.458. The van der Waals surface area contributed by atoms with Crippen molar-refractivity contribution in [1.82, 2.24) is 14.9 Å². The van der Waals surface area contributed by atoms with Gasteiger partial charge < -0.3 is 9.80 Å².